The fourth-order valence-electron chi connectivity index (χ4n) is 5.44. The molecule has 1 aromatic heterocycles. The molecule has 0 bridgehead atoms. The minimum Gasteiger partial charge on any atom is -0.404 e. The van der Waals surface area contributed by atoms with Crippen molar-refractivity contribution < 1.29 is 8.82 Å². The summed E-state index contributed by atoms with van der Waals surface area (Å²) in [5.74, 6) is -0.237. The Bertz CT molecular complexity index is 1080. The Labute approximate surface area is 204 Å². The van der Waals surface area contributed by atoms with Crippen molar-refractivity contribution in [2.24, 2.45) is 0 Å². The highest BCUT2D eigenvalue weighted by Crippen LogP contribution is 2.43. The van der Waals surface area contributed by atoms with Gasteiger partial charge in [-0.3, -0.25) is 0 Å². The number of halogens is 1. The molecule has 2 atom stereocenters. The third kappa shape index (κ3) is 4.34. The number of hydrogen-bond donors (Lipinski definition) is 1. The molecular weight excluding hydrogens is 441 g/mol. The maximum Gasteiger partial charge on any atom is 0.261 e. The van der Waals surface area contributed by atoms with E-state index >= 15 is 4.39 Å². The molecule has 0 radical (unpaired) electrons. The zero-order chi connectivity index (χ0) is 24.7. The van der Waals surface area contributed by atoms with Gasteiger partial charge in [0.15, 0.2) is 11.6 Å². The van der Waals surface area contributed by atoms with Crippen LogP contribution in [0, 0.1) is 5.82 Å². The highest BCUT2D eigenvalue weighted by Gasteiger charge is 2.52. The second kappa shape index (κ2) is 8.97. The molecular formula is C28H38FN3OSi. The third-order valence-corrected chi connectivity index (χ3v) is 12.1. The summed E-state index contributed by atoms with van der Waals surface area (Å²) in [4.78, 5) is 0. The molecule has 0 amide bonds. The Kier molecular flexibility index (Phi) is 6.51. The van der Waals surface area contributed by atoms with Gasteiger partial charge in [-0.2, -0.15) is 5.10 Å². The van der Waals surface area contributed by atoms with E-state index in [-0.39, 0.29) is 34.2 Å². The number of nitrogens with zero attached hydrogens (tertiary/aromatic N) is 2. The fraction of sp³-hybridized carbons (Fsp3) is 0.464. The Morgan fingerprint density at radius 2 is 1.44 bits per heavy atom. The molecule has 1 fully saturated rings. The molecule has 0 unspecified atom stereocenters. The van der Waals surface area contributed by atoms with Crippen LogP contribution in [0.15, 0.2) is 60.7 Å². The molecule has 182 valence electrons. The summed E-state index contributed by atoms with van der Waals surface area (Å²) in [7, 11) is -2.64. The summed E-state index contributed by atoms with van der Waals surface area (Å²) in [6.07, 6.45) is 2.52. The summed E-state index contributed by atoms with van der Waals surface area (Å²) in [5, 5.41) is 7.08. The largest absolute Gasteiger partial charge is 0.404 e. The molecule has 6 heteroatoms. The van der Waals surface area contributed by atoms with E-state index in [0.717, 1.165) is 19.3 Å². The smallest absolute Gasteiger partial charge is 0.261 e. The van der Waals surface area contributed by atoms with E-state index in [4.69, 9.17) is 10.2 Å². The highest BCUT2D eigenvalue weighted by atomic mass is 28.4. The lowest BCUT2D eigenvalue weighted by Gasteiger charge is -2.44. The van der Waals surface area contributed by atoms with Gasteiger partial charge in [0.2, 0.25) is 0 Å². The van der Waals surface area contributed by atoms with Crippen LogP contribution in [0.1, 0.15) is 72.4 Å². The van der Waals surface area contributed by atoms with E-state index in [0.29, 0.717) is 5.69 Å². The van der Waals surface area contributed by atoms with Gasteiger partial charge in [-0.05, 0) is 55.4 Å². The minimum absolute atomic E-state index is 0.00844. The van der Waals surface area contributed by atoms with Crippen LogP contribution in [0.25, 0.3) is 0 Å². The summed E-state index contributed by atoms with van der Waals surface area (Å²) >= 11 is 0. The zero-order valence-corrected chi connectivity index (χ0v) is 22.3. The number of hydrogen-bond acceptors (Lipinski definition) is 3. The van der Waals surface area contributed by atoms with Gasteiger partial charge in [-0.1, -0.05) is 81.4 Å². The van der Waals surface area contributed by atoms with Gasteiger partial charge >= 0.3 is 0 Å². The van der Waals surface area contributed by atoms with Crippen molar-refractivity contribution in [1.82, 2.24) is 9.78 Å². The molecule has 4 nitrogen and oxygen atoms in total. The summed E-state index contributed by atoms with van der Waals surface area (Å²) in [6, 6.07) is 21.4. The minimum atomic E-state index is -2.64. The van der Waals surface area contributed by atoms with Gasteiger partial charge in [0.05, 0.1) is 5.54 Å². The Morgan fingerprint density at radius 1 is 0.912 bits per heavy atom. The molecule has 2 N–H and O–H groups in total. The molecule has 0 spiro atoms. The lowest BCUT2D eigenvalue weighted by Crippen LogP contribution is -2.67. The molecule has 3 aromatic rings. The SMILES string of the molecule is CC(C)(C)n1nc([C@H]2CC[C@@H](O[Si](c3ccccc3)(c3ccccc3)C(C)(C)C)C2)c(F)c1N. The van der Waals surface area contributed by atoms with Crippen molar-refractivity contribution in [3.05, 3.63) is 72.2 Å². The molecule has 0 aliphatic heterocycles. The molecule has 4 rings (SSSR count). The average molecular weight is 480 g/mol. The van der Waals surface area contributed by atoms with Gasteiger partial charge in [0.25, 0.3) is 8.32 Å². The van der Waals surface area contributed by atoms with Crippen molar-refractivity contribution in [2.45, 2.75) is 83.4 Å². The van der Waals surface area contributed by atoms with Crippen LogP contribution >= 0.6 is 0 Å². The molecule has 1 aliphatic rings. The van der Waals surface area contributed by atoms with E-state index in [2.05, 4.69) is 86.5 Å². The van der Waals surface area contributed by atoms with E-state index in [1.807, 2.05) is 20.8 Å². The lowest BCUT2D eigenvalue weighted by molar-refractivity contribution is 0.193. The lowest BCUT2D eigenvalue weighted by atomic mass is 10.0. The monoisotopic (exact) mass is 479 g/mol. The molecule has 2 aromatic carbocycles. The van der Waals surface area contributed by atoms with Crippen molar-refractivity contribution in [1.29, 1.82) is 0 Å². The fourth-order valence-corrected chi connectivity index (χ4v) is 10.2. The molecule has 1 heterocycles. The van der Waals surface area contributed by atoms with Crippen LogP contribution in [0.5, 0.6) is 0 Å². The number of rotatable bonds is 5. The van der Waals surface area contributed by atoms with E-state index in [9.17, 15) is 0 Å². The molecule has 34 heavy (non-hydrogen) atoms. The van der Waals surface area contributed by atoms with Gasteiger partial charge in [0.1, 0.15) is 5.69 Å². The molecule has 1 aliphatic carbocycles. The van der Waals surface area contributed by atoms with Crippen LogP contribution in [0.4, 0.5) is 10.2 Å². The number of nitrogens with two attached hydrogens (primary N) is 1. The molecule has 1 saturated carbocycles. The van der Waals surface area contributed by atoms with Crippen molar-refractivity contribution >= 4 is 24.5 Å². The predicted octanol–water partition coefficient (Wildman–Crippen LogP) is 5.57. The average Bonchev–Trinajstić information content (AvgIpc) is 3.36. The first-order valence-electron chi connectivity index (χ1n) is 12.3. The van der Waals surface area contributed by atoms with Crippen molar-refractivity contribution in [3.63, 3.8) is 0 Å². The first-order chi connectivity index (χ1) is 15.9. The van der Waals surface area contributed by atoms with Crippen LogP contribution in [-0.2, 0) is 9.96 Å². The second-order valence-corrected chi connectivity index (χ2v) is 15.8. The first kappa shape index (κ1) is 24.7. The quantitative estimate of drug-likeness (QED) is 0.487. The Balaban J connectivity index is 1.70. The third-order valence-electron chi connectivity index (χ3n) is 7.05. The van der Waals surface area contributed by atoms with Crippen LogP contribution in [0.3, 0.4) is 0 Å². The van der Waals surface area contributed by atoms with Crippen LogP contribution in [0.2, 0.25) is 5.04 Å². The standard InChI is InChI=1S/C28H38FN3OSi/c1-27(2,3)32-26(30)24(29)25(31-32)20-17-18-21(19-20)33-34(28(4,5)6,22-13-9-7-10-14-22)23-15-11-8-12-16-23/h7-16,20-21H,17-19,30H2,1-6H3/t20-,21+/m0/s1. The summed E-state index contributed by atoms with van der Waals surface area (Å²) in [5.41, 5.74) is 6.22. The van der Waals surface area contributed by atoms with E-state index < -0.39 is 8.32 Å². The van der Waals surface area contributed by atoms with E-state index in [1.54, 1.807) is 4.68 Å². The summed E-state index contributed by atoms with van der Waals surface area (Å²) in [6.45, 7) is 12.8. The summed E-state index contributed by atoms with van der Waals surface area (Å²) < 4.78 is 24.0. The number of nitrogen functional groups attached to an aromatic ring is 1. The van der Waals surface area contributed by atoms with Gasteiger partial charge in [0, 0.05) is 12.0 Å². The highest BCUT2D eigenvalue weighted by molar-refractivity contribution is 6.99. The molecule has 0 saturated heterocycles. The van der Waals surface area contributed by atoms with Crippen molar-refractivity contribution in [3.8, 4) is 0 Å². The van der Waals surface area contributed by atoms with Gasteiger partial charge in [-0.15, -0.1) is 0 Å². The van der Waals surface area contributed by atoms with Gasteiger partial charge in [-0.25, -0.2) is 9.07 Å². The van der Waals surface area contributed by atoms with Crippen LogP contribution in [-0.4, -0.2) is 24.2 Å². The van der Waals surface area contributed by atoms with Gasteiger partial charge < -0.3 is 10.2 Å². The number of benzene rings is 2. The van der Waals surface area contributed by atoms with Crippen LogP contribution < -0.4 is 16.1 Å². The predicted molar refractivity (Wildman–Crippen MR) is 141 cm³/mol. The topological polar surface area (TPSA) is 53.1 Å². The second-order valence-electron chi connectivity index (χ2n) is 11.6. The number of aromatic nitrogens is 2. The zero-order valence-electron chi connectivity index (χ0n) is 21.3. The number of anilines is 1. The Hall–Kier alpha value is -2.44. The first-order valence-corrected chi connectivity index (χ1v) is 14.2. The maximum absolute atomic E-state index is 15.1. The van der Waals surface area contributed by atoms with Crippen molar-refractivity contribution in [2.75, 3.05) is 5.73 Å². The Morgan fingerprint density at radius 3 is 1.88 bits per heavy atom. The normalized spacial score (nSPS) is 19.5. The maximum atomic E-state index is 15.1. The van der Waals surface area contributed by atoms with E-state index in [1.165, 1.54) is 10.4 Å².